The number of carbonyl (C=O) groups is 3. The van der Waals surface area contributed by atoms with Crippen LogP contribution in [0.2, 0.25) is 0 Å². The quantitative estimate of drug-likeness (QED) is 0.317. The van der Waals surface area contributed by atoms with Crippen LogP contribution in [-0.4, -0.2) is 71.7 Å². The van der Waals surface area contributed by atoms with Crippen LogP contribution in [0, 0.1) is 0 Å². The molecule has 230 valence electrons. The van der Waals surface area contributed by atoms with Crippen LogP contribution < -0.4 is 14.8 Å². The molecule has 44 heavy (non-hydrogen) atoms. The van der Waals surface area contributed by atoms with Gasteiger partial charge >= 0.3 is 6.18 Å². The average Bonchev–Trinajstić information content (AvgIpc) is 3.42. The van der Waals surface area contributed by atoms with Gasteiger partial charge in [-0.05, 0) is 48.0 Å². The van der Waals surface area contributed by atoms with Gasteiger partial charge < -0.3 is 29.9 Å². The highest BCUT2D eigenvalue weighted by Gasteiger charge is 2.51. The zero-order valence-corrected chi connectivity index (χ0v) is 23.5. The summed E-state index contributed by atoms with van der Waals surface area (Å²) in [6.07, 6.45) is -5.09. The van der Waals surface area contributed by atoms with Crippen LogP contribution in [0.25, 0.3) is 0 Å². The molecule has 0 saturated carbocycles. The maximum Gasteiger partial charge on any atom is 0.416 e. The Balaban J connectivity index is 1.62. The number of alkyl halides is 3. The number of nitrogens with one attached hydrogen (secondary N) is 1. The smallest absolute Gasteiger partial charge is 0.416 e. The van der Waals surface area contributed by atoms with E-state index in [1.54, 1.807) is 30.3 Å². The fourth-order valence-electron chi connectivity index (χ4n) is 5.62. The molecule has 4 atom stereocenters. The second kappa shape index (κ2) is 12.5. The Morgan fingerprint density at radius 3 is 2.41 bits per heavy atom. The number of aldehydes is 1. The lowest BCUT2D eigenvalue weighted by atomic mass is 9.77. The first-order chi connectivity index (χ1) is 21.1. The van der Waals surface area contributed by atoms with Crippen LogP contribution in [0.5, 0.6) is 11.5 Å². The zero-order chi connectivity index (χ0) is 31.6. The summed E-state index contributed by atoms with van der Waals surface area (Å²) in [4.78, 5) is 40.4. The van der Waals surface area contributed by atoms with E-state index < -0.39 is 47.7 Å². The second-order valence-corrected chi connectivity index (χ2v) is 10.4. The number of hydrogen-bond donors (Lipinski definition) is 3. The number of carbonyl (C=O) groups excluding carboxylic acids is 3. The van der Waals surface area contributed by atoms with Gasteiger partial charge in [-0.3, -0.25) is 14.4 Å². The Hall–Kier alpha value is -4.68. The number of benzene rings is 3. The second-order valence-electron chi connectivity index (χ2n) is 10.4. The molecule has 4 unspecified atom stereocenters. The van der Waals surface area contributed by atoms with Gasteiger partial charge in [-0.2, -0.15) is 13.2 Å². The van der Waals surface area contributed by atoms with Crippen molar-refractivity contribution in [3.8, 4) is 11.5 Å². The number of hydrogen-bond acceptors (Lipinski definition) is 7. The first kappa shape index (κ1) is 30.8. The predicted octanol–water partition coefficient (Wildman–Crippen LogP) is 3.49. The van der Waals surface area contributed by atoms with Gasteiger partial charge in [0, 0.05) is 35.4 Å². The SMILES string of the molecule is COc1cc(C=O)cc2c1OC1C2C(C(=O)NCCO)=CC(N(Cc2ccccc2)C(=O)c2ccc(C(F)(F)F)cc2)C1O. The summed E-state index contributed by atoms with van der Waals surface area (Å²) >= 11 is 0. The fraction of sp³-hybridized carbons (Fsp3) is 0.281. The van der Waals surface area contributed by atoms with Crippen molar-refractivity contribution in [2.45, 2.75) is 36.9 Å². The van der Waals surface area contributed by atoms with E-state index in [9.17, 15) is 37.8 Å². The van der Waals surface area contributed by atoms with Crippen molar-refractivity contribution < 1.29 is 47.2 Å². The molecule has 1 heterocycles. The summed E-state index contributed by atoms with van der Waals surface area (Å²) in [6.45, 7) is -0.486. The molecule has 0 saturated heterocycles. The van der Waals surface area contributed by atoms with Crippen LogP contribution in [0.3, 0.4) is 0 Å². The molecule has 1 aliphatic carbocycles. The van der Waals surface area contributed by atoms with E-state index >= 15 is 0 Å². The third-order valence-corrected chi connectivity index (χ3v) is 7.69. The molecule has 5 rings (SSSR count). The highest BCUT2D eigenvalue weighted by atomic mass is 19.4. The lowest BCUT2D eigenvalue weighted by molar-refractivity contribution is -0.137. The molecule has 1 aliphatic heterocycles. The summed E-state index contributed by atoms with van der Waals surface area (Å²) in [7, 11) is 1.38. The van der Waals surface area contributed by atoms with Crippen LogP contribution in [0.15, 0.2) is 78.4 Å². The minimum atomic E-state index is -4.60. The zero-order valence-electron chi connectivity index (χ0n) is 23.5. The van der Waals surface area contributed by atoms with Crippen molar-refractivity contribution in [1.29, 1.82) is 0 Å². The van der Waals surface area contributed by atoms with Crippen LogP contribution >= 0.6 is 0 Å². The van der Waals surface area contributed by atoms with Crippen molar-refractivity contribution in [3.63, 3.8) is 0 Å². The molecule has 0 bridgehead atoms. The first-order valence-electron chi connectivity index (χ1n) is 13.7. The van der Waals surface area contributed by atoms with Crippen molar-refractivity contribution in [3.05, 3.63) is 106 Å². The molecule has 0 aromatic heterocycles. The molecule has 3 aromatic rings. The monoisotopic (exact) mass is 610 g/mol. The highest BCUT2D eigenvalue weighted by Crippen LogP contribution is 2.51. The van der Waals surface area contributed by atoms with E-state index in [0.29, 0.717) is 17.4 Å². The van der Waals surface area contributed by atoms with Crippen LogP contribution in [0.4, 0.5) is 13.2 Å². The minimum absolute atomic E-state index is 0.0594. The van der Waals surface area contributed by atoms with Gasteiger partial charge in [-0.15, -0.1) is 0 Å². The number of halogens is 3. The third kappa shape index (κ3) is 5.90. The van der Waals surface area contributed by atoms with Gasteiger partial charge in [0.2, 0.25) is 5.91 Å². The normalized spacial score (nSPS) is 20.5. The van der Waals surface area contributed by atoms with Gasteiger partial charge in [0.1, 0.15) is 18.5 Å². The molecule has 0 spiro atoms. The molecule has 3 aromatic carbocycles. The minimum Gasteiger partial charge on any atom is -0.493 e. The maximum absolute atomic E-state index is 14.0. The maximum atomic E-state index is 14.0. The Morgan fingerprint density at radius 2 is 1.80 bits per heavy atom. The van der Waals surface area contributed by atoms with E-state index in [4.69, 9.17) is 9.47 Å². The topological polar surface area (TPSA) is 125 Å². The molecular formula is C32H29F3N2O7. The summed E-state index contributed by atoms with van der Waals surface area (Å²) in [5.74, 6) is -1.73. The van der Waals surface area contributed by atoms with E-state index in [2.05, 4.69) is 5.32 Å². The number of nitrogens with zero attached hydrogens (tertiary/aromatic N) is 1. The van der Waals surface area contributed by atoms with Crippen molar-refractivity contribution in [2.24, 2.45) is 0 Å². The molecule has 0 fully saturated rings. The number of methoxy groups -OCH3 is 1. The van der Waals surface area contributed by atoms with Crippen LogP contribution in [-0.2, 0) is 17.5 Å². The van der Waals surface area contributed by atoms with Gasteiger partial charge in [0.15, 0.2) is 11.5 Å². The average molecular weight is 611 g/mol. The first-order valence-corrected chi connectivity index (χ1v) is 13.7. The molecule has 9 nitrogen and oxygen atoms in total. The van der Waals surface area contributed by atoms with Crippen molar-refractivity contribution in [2.75, 3.05) is 20.3 Å². The largest absolute Gasteiger partial charge is 0.493 e. The summed E-state index contributed by atoms with van der Waals surface area (Å²) in [5.41, 5.74) is 0.460. The molecule has 2 amide bonds. The number of amides is 2. The molecule has 12 heteroatoms. The van der Waals surface area contributed by atoms with Crippen molar-refractivity contribution in [1.82, 2.24) is 10.2 Å². The van der Waals surface area contributed by atoms with Crippen LogP contribution in [0.1, 0.15) is 43.3 Å². The molecular weight excluding hydrogens is 581 g/mol. The number of rotatable bonds is 9. The Labute approximate surface area is 250 Å². The van der Waals surface area contributed by atoms with E-state index in [-0.39, 0.29) is 47.9 Å². The number of fused-ring (bicyclic) bond motifs is 3. The van der Waals surface area contributed by atoms with Gasteiger partial charge in [0.25, 0.3) is 5.91 Å². The van der Waals surface area contributed by atoms with E-state index in [1.165, 1.54) is 30.2 Å². The predicted molar refractivity (Wildman–Crippen MR) is 151 cm³/mol. The van der Waals surface area contributed by atoms with Gasteiger partial charge in [-0.1, -0.05) is 30.3 Å². The Morgan fingerprint density at radius 1 is 1.09 bits per heavy atom. The number of aliphatic hydroxyl groups is 2. The van der Waals surface area contributed by atoms with Gasteiger partial charge in [0.05, 0.1) is 31.2 Å². The fourth-order valence-corrected chi connectivity index (χ4v) is 5.62. The third-order valence-electron chi connectivity index (χ3n) is 7.69. The summed E-state index contributed by atoms with van der Waals surface area (Å²) in [6, 6.07) is 14.3. The summed E-state index contributed by atoms with van der Waals surface area (Å²) < 4.78 is 51.3. The standard InChI is InChI=1S/C32H29F3N2O7/c1-43-25-14-19(17-39)13-22-26-23(30(41)36-11-12-38)15-24(27(40)29(26)44-28(22)25)37(16-18-5-3-2-4-6-18)31(42)20-7-9-21(10-8-20)32(33,34)35/h2-10,13-15,17,24,26-27,29,38,40H,11-12,16H2,1H3,(H,36,41). The molecule has 2 aliphatic rings. The van der Waals surface area contributed by atoms with Gasteiger partial charge in [-0.25, -0.2) is 0 Å². The number of aliphatic hydroxyl groups excluding tert-OH is 2. The van der Waals surface area contributed by atoms with E-state index in [0.717, 1.165) is 24.3 Å². The summed E-state index contributed by atoms with van der Waals surface area (Å²) in [5, 5.41) is 23.7. The Bertz CT molecular complexity index is 1580. The molecule has 3 N–H and O–H groups in total. The lowest BCUT2D eigenvalue weighted by Crippen LogP contribution is -2.55. The van der Waals surface area contributed by atoms with E-state index in [1.807, 2.05) is 0 Å². The number of ether oxygens (including phenoxy) is 2. The Kier molecular flexibility index (Phi) is 8.75. The molecule has 0 radical (unpaired) electrons. The highest BCUT2D eigenvalue weighted by molar-refractivity contribution is 5.98. The van der Waals surface area contributed by atoms with Crippen molar-refractivity contribution >= 4 is 18.1 Å². The lowest BCUT2D eigenvalue weighted by Gasteiger charge is -2.40.